The number of likely N-dealkylation sites (tertiary alicyclic amines) is 1. The highest BCUT2D eigenvalue weighted by molar-refractivity contribution is 5.77. The summed E-state index contributed by atoms with van der Waals surface area (Å²) in [6, 6.07) is 0. The Kier molecular flexibility index (Phi) is 5.08. The van der Waals surface area contributed by atoms with E-state index in [1.807, 2.05) is 4.90 Å². The largest absolute Gasteiger partial charge is 0.377 e. The molecule has 1 saturated carbocycles. The van der Waals surface area contributed by atoms with Gasteiger partial charge in [0.05, 0.1) is 5.60 Å². The molecule has 0 aromatic heterocycles. The third-order valence-corrected chi connectivity index (χ3v) is 5.38. The molecule has 0 spiro atoms. The molecule has 20 heavy (non-hydrogen) atoms. The van der Waals surface area contributed by atoms with Crippen molar-refractivity contribution in [2.24, 2.45) is 11.1 Å². The fourth-order valence-electron chi connectivity index (χ4n) is 3.77. The summed E-state index contributed by atoms with van der Waals surface area (Å²) in [7, 11) is 1.75. The first-order valence-corrected chi connectivity index (χ1v) is 8.06. The maximum absolute atomic E-state index is 12.6. The third-order valence-electron chi connectivity index (χ3n) is 5.38. The average molecular weight is 282 g/mol. The first-order chi connectivity index (χ1) is 9.52. The van der Waals surface area contributed by atoms with Crippen molar-refractivity contribution in [1.82, 2.24) is 4.90 Å². The van der Waals surface area contributed by atoms with E-state index < -0.39 is 0 Å². The Morgan fingerprint density at radius 2 is 1.90 bits per heavy atom. The molecule has 1 saturated heterocycles. The van der Waals surface area contributed by atoms with Gasteiger partial charge in [0.2, 0.25) is 5.91 Å². The third kappa shape index (κ3) is 3.53. The Bertz CT molecular complexity index is 339. The quantitative estimate of drug-likeness (QED) is 0.861. The zero-order valence-electron chi connectivity index (χ0n) is 13.1. The minimum absolute atomic E-state index is 0.0657. The van der Waals surface area contributed by atoms with Gasteiger partial charge in [-0.1, -0.05) is 19.3 Å². The Morgan fingerprint density at radius 1 is 1.20 bits per heavy atom. The van der Waals surface area contributed by atoms with Crippen molar-refractivity contribution in [3.8, 4) is 0 Å². The van der Waals surface area contributed by atoms with Crippen LogP contribution in [0.1, 0.15) is 58.3 Å². The summed E-state index contributed by atoms with van der Waals surface area (Å²) in [5.74, 6) is 0.278. The lowest BCUT2D eigenvalue weighted by atomic mass is 9.71. The summed E-state index contributed by atoms with van der Waals surface area (Å²) in [6.07, 6.45) is 8.67. The molecule has 1 unspecified atom stereocenters. The molecule has 1 amide bonds. The van der Waals surface area contributed by atoms with Crippen molar-refractivity contribution < 1.29 is 9.53 Å². The molecule has 0 radical (unpaired) electrons. The van der Waals surface area contributed by atoms with E-state index in [-0.39, 0.29) is 16.9 Å². The number of hydrogen-bond donors (Lipinski definition) is 1. The fraction of sp³-hybridized carbons (Fsp3) is 0.938. The lowest BCUT2D eigenvalue weighted by molar-refractivity contribution is -0.142. The number of carbonyl (C=O) groups is 1. The molecule has 2 rings (SSSR count). The molecule has 4 heteroatoms. The zero-order valence-corrected chi connectivity index (χ0v) is 13.1. The number of piperidine rings is 1. The molecule has 0 aromatic carbocycles. The molecule has 2 fully saturated rings. The van der Waals surface area contributed by atoms with Crippen LogP contribution in [0.15, 0.2) is 0 Å². The average Bonchev–Trinajstić information content (AvgIpc) is 2.48. The Morgan fingerprint density at radius 3 is 2.50 bits per heavy atom. The maximum Gasteiger partial charge on any atom is 0.223 e. The lowest BCUT2D eigenvalue weighted by Crippen LogP contribution is -2.51. The molecular weight excluding hydrogens is 252 g/mol. The topological polar surface area (TPSA) is 55.6 Å². The first-order valence-electron chi connectivity index (χ1n) is 8.06. The minimum Gasteiger partial charge on any atom is -0.377 e. The van der Waals surface area contributed by atoms with Gasteiger partial charge in [0.1, 0.15) is 0 Å². The summed E-state index contributed by atoms with van der Waals surface area (Å²) in [4.78, 5) is 14.6. The van der Waals surface area contributed by atoms with Crippen LogP contribution in [0.4, 0.5) is 0 Å². The van der Waals surface area contributed by atoms with Crippen LogP contribution in [-0.2, 0) is 9.53 Å². The van der Waals surface area contributed by atoms with E-state index in [0.29, 0.717) is 13.0 Å². The second-order valence-electron chi connectivity index (χ2n) is 7.01. The molecule has 0 aromatic rings. The van der Waals surface area contributed by atoms with Gasteiger partial charge in [-0.2, -0.15) is 0 Å². The number of methoxy groups -OCH3 is 1. The molecule has 1 aliphatic heterocycles. The predicted octanol–water partition coefficient (Wildman–Crippen LogP) is 2.31. The lowest BCUT2D eigenvalue weighted by Gasteiger charge is -2.42. The second-order valence-corrected chi connectivity index (χ2v) is 7.01. The highest BCUT2D eigenvalue weighted by Gasteiger charge is 2.38. The molecule has 1 heterocycles. The van der Waals surface area contributed by atoms with Crippen LogP contribution in [0, 0.1) is 5.41 Å². The predicted molar refractivity (Wildman–Crippen MR) is 80.4 cm³/mol. The van der Waals surface area contributed by atoms with Crippen molar-refractivity contribution in [3.63, 3.8) is 0 Å². The molecule has 4 nitrogen and oxygen atoms in total. The zero-order chi connectivity index (χ0) is 14.6. The molecule has 2 aliphatic rings. The van der Waals surface area contributed by atoms with Gasteiger partial charge < -0.3 is 15.4 Å². The number of hydrogen-bond acceptors (Lipinski definition) is 3. The summed E-state index contributed by atoms with van der Waals surface area (Å²) in [5.41, 5.74) is 5.90. The van der Waals surface area contributed by atoms with E-state index in [9.17, 15) is 4.79 Å². The van der Waals surface area contributed by atoms with Crippen molar-refractivity contribution >= 4 is 5.91 Å². The first kappa shape index (κ1) is 15.8. The fourth-order valence-corrected chi connectivity index (χ4v) is 3.77. The molecular formula is C16H30N2O2. The monoisotopic (exact) mass is 282 g/mol. The van der Waals surface area contributed by atoms with Gasteiger partial charge in [-0.05, 0) is 44.6 Å². The van der Waals surface area contributed by atoms with Crippen LogP contribution in [0.5, 0.6) is 0 Å². The van der Waals surface area contributed by atoms with Gasteiger partial charge in [-0.15, -0.1) is 0 Å². The number of nitrogens with two attached hydrogens (primary N) is 1. The standard InChI is InChI=1S/C16H30N2O2/c1-15(20-2)7-6-10-18(13-15)14(19)11-16(12-17)8-4-3-5-9-16/h3-13,17H2,1-2H3. The second kappa shape index (κ2) is 6.44. The van der Waals surface area contributed by atoms with Gasteiger partial charge in [-0.3, -0.25) is 4.79 Å². The highest BCUT2D eigenvalue weighted by Crippen LogP contribution is 2.39. The molecule has 116 valence electrons. The summed E-state index contributed by atoms with van der Waals surface area (Å²) in [5, 5.41) is 0. The number of amides is 1. The Labute approximate surface area is 123 Å². The number of ether oxygens (including phenoxy) is 1. The maximum atomic E-state index is 12.6. The van der Waals surface area contributed by atoms with E-state index in [1.165, 1.54) is 19.3 Å². The van der Waals surface area contributed by atoms with E-state index in [2.05, 4.69) is 6.92 Å². The van der Waals surface area contributed by atoms with Gasteiger partial charge >= 0.3 is 0 Å². The molecule has 1 aliphatic carbocycles. The summed E-state index contributed by atoms with van der Waals surface area (Å²) < 4.78 is 5.58. The molecule has 0 bridgehead atoms. The molecule has 1 atom stereocenters. The number of nitrogens with zero attached hydrogens (tertiary/aromatic N) is 1. The van der Waals surface area contributed by atoms with E-state index in [1.54, 1.807) is 7.11 Å². The van der Waals surface area contributed by atoms with Crippen LogP contribution in [-0.4, -0.2) is 43.2 Å². The van der Waals surface area contributed by atoms with Crippen LogP contribution in [0.2, 0.25) is 0 Å². The van der Waals surface area contributed by atoms with Crippen molar-refractivity contribution in [2.75, 3.05) is 26.7 Å². The van der Waals surface area contributed by atoms with Crippen molar-refractivity contribution in [2.45, 2.75) is 63.9 Å². The van der Waals surface area contributed by atoms with Crippen LogP contribution >= 0.6 is 0 Å². The van der Waals surface area contributed by atoms with Gasteiger partial charge in [0.25, 0.3) is 0 Å². The van der Waals surface area contributed by atoms with E-state index in [0.717, 1.165) is 38.8 Å². The van der Waals surface area contributed by atoms with Gasteiger partial charge in [0, 0.05) is 26.6 Å². The van der Waals surface area contributed by atoms with Gasteiger partial charge in [-0.25, -0.2) is 0 Å². The van der Waals surface area contributed by atoms with Crippen LogP contribution in [0.25, 0.3) is 0 Å². The number of carbonyl (C=O) groups excluding carboxylic acids is 1. The minimum atomic E-state index is -0.170. The van der Waals surface area contributed by atoms with Crippen LogP contribution in [0.3, 0.4) is 0 Å². The van der Waals surface area contributed by atoms with Crippen molar-refractivity contribution in [1.29, 1.82) is 0 Å². The Balaban J connectivity index is 1.96. The van der Waals surface area contributed by atoms with E-state index >= 15 is 0 Å². The van der Waals surface area contributed by atoms with Crippen LogP contribution < -0.4 is 5.73 Å². The summed E-state index contributed by atoms with van der Waals surface area (Å²) >= 11 is 0. The number of rotatable bonds is 4. The van der Waals surface area contributed by atoms with Crippen molar-refractivity contribution in [3.05, 3.63) is 0 Å². The SMILES string of the molecule is COC1(C)CCCN(C(=O)CC2(CN)CCCCC2)C1. The smallest absolute Gasteiger partial charge is 0.223 e. The normalized spacial score (nSPS) is 30.2. The molecule has 2 N–H and O–H groups in total. The van der Waals surface area contributed by atoms with Gasteiger partial charge in [0.15, 0.2) is 0 Å². The highest BCUT2D eigenvalue weighted by atomic mass is 16.5. The Hall–Kier alpha value is -0.610. The van der Waals surface area contributed by atoms with E-state index in [4.69, 9.17) is 10.5 Å². The summed E-state index contributed by atoms with van der Waals surface area (Å²) in [6.45, 7) is 4.35.